The Balaban J connectivity index is 1.39. The van der Waals surface area contributed by atoms with E-state index in [0.717, 1.165) is 71.5 Å². The second kappa shape index (κ2) is 8.46. The lowest BCUT2D eigenvalue weighted by atomic mass is 9.69. The van der Waals surface area contributed by atoms with E-state index in [4.69, 9.17) is 0 Å². The molecule has 1 aliphatic heterocycles. The summed E-state index contributed by atoms with van der Waals surface area (Å²) in [6, 6.07) is 8.85. The van der Waals surface area contributed by atoms with Crippen LogP contribution in [0.15, 0.2) is 24.3 Å². The van der Waals surface area contributed by atoms with E-state index in [0.29, 0.717) is 5.56 Å². The number of alkyl halides is 3. The second-order valence-corrected chi connectivity index (χ2v) is 9.58. The monoisotopic (exact) mass is 433 g/mol. The molecule has 2 aliphatic carbocycles. The lowest BCUT2D eigenvalue weighted by Gasteiger charge is -2.44. The Morgan fingerprint density at radius 2 is 1.74 bits per heavy atom. The Bertz CT molecular complexity index is 829. The molecule has 1 aromatic rings. The molecule has 1 heterocycles. The number of nitriles is 1. The number of hydrogen-bond donors (Lipinski definition) is 0. The Kier molecular flexibility index (Phi) is 6.04. The fourth-order valence-corrected chi connectivity index (χ4v) is 4.93. The van der Waals surface area contributed by atoms with Crippen molar-refractivity contribution in [2.24, 2.45) is 5.41 Å². The SMILES string of the molecule is C[C@H](c1ccc(C(=O)N(C2CC2)C2CCN(CC3(C#N)CCC3)CC2)cc1)C(F)(F)F. The molecular formula is C24H30F3N3O. The van der Waals surface area contributed by atoms with Crippen LogP contribution >= 0.6 is 0 Å². The van der Waals surface area contributed by atoms with Crippen LogP contribution in [0.4, 0.5) is 13.2 Å². The molecule has 1 aromatic carbocycles. The van der Waals surface area contributed by atoms with Gasteiger partial charge in [-0.3, -0.25) is 4.79 Å². The highest BCUT2D eigenvalue weighted by Gasteiger charge is 2.42. The number of amides is 1. The molecule has 1 saturated heterocycles. The maximum Gasteiger partial charge on any atom is 0.395 e. The van der Waals surface area contributed by atoms with E-state index in [2.05, 4.69) is 11.0 Å². The summed E-state index contributed by atoms with van der Waals surface area (Å²) in [7, 11) is 0. The van der Waals surface area contributed by atoms with Crippen molar-refractivity contribution in [2.45, 2.75) is 76.0 Å². The van der Waals surface area contributed by atoms with Gasteiger partial charge in [-0.1, -0.05) is 18.6 Å². The fourth-order valence-electron chi connectivity index (χ4n) is 4.93. The molecule has 1 atom stereocenters. The fraction of sp³-hybridized carbons (Fsp3) is 0.667. The largest absolute Gasteiger partial charge is 0.395 e. The zero-order valence-corrected chi connectivity index (χ0v) is 18.0. The van der Waals surface area contributed by atoms with Crippen molar-refractivity contribution in [2.75, 3.05) is 19.6 Å². The summed E-state index contributed by atoms with van der Waals surface area (Å²) in [6.45, 7) is 3.73. The van der Waals surface area contributed by atoms with Crippen LogP contribution in [0, 0.1) is 16.7 Å². The summed E-state index contributed by atoms with van der Waals surface area (Å²) >= 11 is 0. The van der Waals surface area contributed by atoms with Crippen molar-refractivity contribution < 1.29 is 18.0 Å². The average Bonchev–Trinajstić information content (AvgIpc) is 3.56. The van der Waals surface area contributed by atoms with Crippen LogP contribution in [0.3, 0.4) is 0 Å². The zero-order valence-electron chi connectivity index (χ0n) is 18.0. The molecule has 0 N–H and O–H groups in total. The van der Waals surface area contributed by atoms with Gasteiger partial charge in [-0.15, -0.1) is 0 Å². The molecule has 3 aliphatic rings. The molecule has 3 fully saturated rings. The first-order valence-corrected chi connectivity index (χ1v) is 11.4. The first-order valence-electron chi connectivity index (χ1n) is 11.4. The lowest BCUT2D eigenvalue weighted by molar-refractivity contribution is -0.146. The Morgan fingerprint density at radius 3 is 2.19 bits per heavy atom. The third-order valence-corrected chi connectivity index (χ3v) is 7.35. The molecule has 0 radical (unpaired) electrons. The third kappa shape index (κ3) is 4.74. The number of carbonyl (C=O) groups excluding carboxylic acids is 1. The average molecular weight is 434 g/mol. The quantitative estimate of drug-likeness (QED) is 0.626. The molecule has 31 heavy (non-hydrogen) atoms. The summed E-state index contributed by atoms with van der Waals surface area (Å²) in [5, 5.41) is 9.49. The molecular weight excluding hydrogens is 403 g/mol. The molecule has 4 nitrogen and oxygen atoms in total. The molecule has 168 valence electrons. The van der Waals surface area contributed by atoms with Crippen LogP contribution < -0.4 is 0 Å². The zero-order chi connectivity index (χ0) is 22.2. The van der Waals surface area contributed by atoms with Crippen LogP contribution in [0.1, 0.15) is 73.7 Å². The minimum Gasteiger partial charge on any atom is -0.333 e. The molecule has 1 amide bonds. The predicted octanol–water partition coefficient (Wildman–Crippen LogP) is 5.12. The molecule has 2 saturated carbocycles. The first-order chi connectivity index (χ1) is 14.7. The van der Waals surface area contributed by atoms with Gasteiger partial charge in [-0.2, -0.15) is 18.4 Å². The van der Waals surface area contributed by atoms with Crippen LogP contribution in [0.25, 0.3) is 0 Å². The van der Waals surface area contributed by atoms with Crippen molar-refractivity contribution in [1.29, 1.82) is 5.26 Å². The maximum absolute atomic E-state index is 13.3. The summed E-state index contributed by atoms with van der Waals surface area (Å²) in [6.07, 6.45) is 2.56. The highest BCUT2D eigenvalue weighted by molar-refractivity contribution is 5.95. The number of halogens is 3. The maximum atomic E-state index is 13.3. The summed E-state index contributed by atoms with van der Waals surface area (Å²) in [5.41, 5.74) is 0.469. The number of piperidine rings is 1. The number of hydrogen-bond acceptors (Lipinski definition) is 3. The number of benzene rings is 1. The van der Waals surface area contributed by atoms with E-state index in [1.54, 1.807) is 0 Å². The normalized spacial score (nSPS) is 22.9. The molecule has 4 rings (SSSR count). The van der Waals surface area contributed by atoms with E-state index in [-0.39, 0.29) is 29.0 Å². The van der Waals surface area contributed by atoms with Crippen molar-refractivity contribution in [3.05, 3.63) is 35.4 Å². The van der Waals surface area contributed by atoms with E-state index >= 15 is 0 Å². The topological polar surface area (TPSA) is 47.3 Å². The highest BCUT2D eigenvalue weighted by atomic mass is 19.4. The predicted molar refractivity (Wildman–Crippen MR) is 111 cm³/mol. The van der Waals surface area contributed by atoms with Crippen LogP contribution in [0.2, 0.25) is 0 Å². The Labute approximate surface area is 182 Å². The van der Waals surface area contributed by atoms with Gasteiger partial charge in [0.05, 0.1) is 17.4 Å². The van der Waals surface area contributed by atoms with Crippen molar-refractivity contribution >= 4 is 5.91 Å². The van der Waals surface area contributed by atoms with Gasteiger partial charge in [0.2, 0.25) is 0 Å². The van der Waals surface area contributed by atoms with E-state index in [1.807, 2.05) is 4.90 Å². The summed E-state index contributed by atoms with van der Waals surface area (Å²) in [5.74, 6) is -1.62. The first kappa shape index (κ1) is 22.1. The molecule has 0 spiro atoms. The van der Waals surface area contributed by atoms with Gasteiger partial charge in [0.1, 0.15) is 0 Å². The standard InChI is InChI=1S/C24H30F3N3O/c1-17(24(25,26)27)18-3-5-19(6-4-18)22(31)30(20-7-8-20)21-9-13-29(14-10-21)16-23(15-28)11-2-12-23/h3-6,17,20-21H,2,7-14,16H2,1H3/t17-/m1/s1. The summed E-state index contributed by atoms with van der Waals surface area (Å²) in [4.78, 5) is 17.6. The number of rotatable bonds is 6. The van der Waals surface area contributed by atoms with Crippen LogP contribution in [0.5, 0.6) is 0 Å². The molecule has 7 heteroatoms. The van der Waals surface area contributed by atoms with Gasteiger partial charge in [-0.05, 0) is 63.1 Å². The van der Waals surface area contributed by atoms with Gasteiger partial charge in [-0.25, -0.2) is 0 Å². The summed E-state index contributed by atoms with van der Waals surface area (Å²) < 4.78 is 38.9. The van der Waals surface area contributed by atoms with Crippen LogP contribution in [-0.4, -0.2) is 53.6 Å². The highest BCUT2D eigenvalue weighted by Crippen LogP contribution is 2.42. The minimum absolute atomic E-state index is 0.0698. The van der Waals surface area contributed by atoms with E-state index in [9.17, 15) is 23.2 Å². The van der Waals surface area contributed by atoms with Crippen molar-refractivity contribution in [3.8, 4) is 6.07 Å². The second-order valence-electron chi connectivity index (χ2n) is 9.58. The van der Waals surface area contributed by atoms with Gasteiger partial charge in [0.25, 0.3) is 5.91 Å². The Morgan fingerprint density at radius 1 is 1.16 bits per heavy atom. The molecule has 0 unspecified atom stereocenters. The molecule has 0 aromatic heterocycles. The van der Waals surface area contributed by atoms with Gasteiger partial charge >= 0.3 is 6.18 Å². The lowest BCUT2D eigenvalue weighted by Crippen LogP contribution is -2.51. The molecule has 0 bridgehead atoms. The van der Waals surface area contributed by atoms with Crippen LogP contribution in [-0.2, 0) is 0 Å². The van der Waals surface area contributed by atoms with E-state index < -0.39 is 12.1 Å². The van der Waals surface area contributed by atoms with Crippen molar-refractivity contribution in [3.63, 3.8) is 0 Å². The third-order valence-electron chi connectivity index (χ3n) is 7.35. The van der Waals surface area contributed by atoms with Gasteiger partial charge < -0.3 is 9.80 Å². The Hall–Kier alpha value is -2.07. The van der Waals surface area contributed by atoms with Gasteiger partial charge in [0, 0.05) is 37.3 Å². The van der Waals surface area contributed by atoms with E-state index in [1.165, 1.54) is 24.3 Å². The minimum atomic E-state index is -4.29. The van der Waals surface area contributed by atoms with Gasteiger partial charge in [0.15, 0.2) is 0 Å². The number of carbonyl (C=O) groups is 1. The van der Waals surface area contributed by atoms with Crippen molar-refractivity contribution in [1.82, 2.24) is 9.80 Å². The number of likely N-dealkylation sites (tertiary alicyclic amines) is 1. The number of nitrogens with zero attached hydrogens (tertiary/aromatic N) is 3. The smallest absolute Gasteiger partial charge is 0.333 e.